The van der Waals surface area contributed by atoms with Gasteiger partial charge >= 0.3 is 0 Å². The number of rotatable bonds is 4. The van der Waals surface area contributed by atoms with Gasteiger partial charge in [0.25, 0.3) is 0 Å². The van der Waals surface area contributed by atoms with Crippen molar-refractivity contribution < 1.29 is 4.79 Å². The number of nitrogens with one attached hydrogen (secondary N) is 3. The van der Waals surface area contributed by atoms with Crippen molar-refractivity contribution in [3.8, 4) is 0 Å². The number of nitrogens with zero attached hydrogens (tertiary/aromatic N) is 3. The van der Waals surface area contributed by atoms with Gasteiger partial charge in [0.15, 0.2) is 16.8 Å². The monoisotopic (exact) mass is 368 g/mol. The quantitative estimate of drug-likeness (QED) is 0.646. The lowest BCUT2D eigenvalue weighted by atomic mass is 9.97. The summed E-state index contributed by atoms with van der Waals surface area (Å²) in [5.41, 5.74) is 2.69. The minimum absolute atomic E-state index is 0.0652. The molecule has 0 saturated heterocycles. The largest absolute Gasteiger partial charge is 0.356 e. The molecule has 0 fully saturated rings. The van der Waals surface area contributed by atoms with Crippen LogP contribution in [0.25, 0.3) is 10.2 Å². The van der Waals surface area contributed by atoms with Gasteiger partial charge in [0.1, 0.15) is 18.1 Å². The van der Waals surface area contributed by atoms with Crippen LogP contribution in [-0.4, -0.2) is 26.9 Å². The number of amides is 1. The van der Waals surface area contributed by atoms with E-state index in [2.05, 4.69) is 50.8 Å². The van der Waals surface area contributed by atoms with Crippen molar-refractivity contribution >= 4 is 49.9 Å². The fourth-order valence-corrected chi connectivity index (χ4v) is 3.91. The van der Waals surface area contributed by atoms with Gasteiger partial charge < -0.3 is 16.0 Å². The summed E-state index contributed by atoms with van der Waals surface area (Å²) in [5, 5.41) is 10.1. The van der Waals surface area contributed by atoms with Crippen molar-refractivity contribution in [2.45, 2.75) is 33.2 Å². The second-order valence-electron chi connectivity index (χ2n) is 6.56. The average Bonchev–Trinajstić information content (AvgIpc) is 3.02. The summed E-state index contributed by atoms with van der Waals surface area (Å²) in [7, 11) is 0. The molecule has 3 aromatic rings. The molecule has 8 heteroatoms. The third-order valence-electron chi connectivity index (χ3n) is 4.65. The molecule has 2 aromatic heterocycles. The Balaban J connectivity index is 1.65. The van der Waals surface area contributed by atoms with Crippen LogP contribution in [0.2, 0.25) is 0 Å². The first-order valence-electron chi connectivity index (χ1n) is 8.61. The smallest absolute Gasteiger partial charge is 0.247 e. The van der Waals surface area contributed by atoms with Crippen molar-refractivity contribution in [2.24, 2.45) is 5.92 Å². The van der Waals surface area contributed by atoms with Crippen LogP contribution in [-0.2, 0) is 4.79 Å². The summed E-state index contributed by atoms with van der Waals surface area (Å²) in [4.78, 5) is 25.6. The van der Waals surface area contributed by atoms with Gasteiger partial charge in [-0.25, -0.2) is 15.0 Å². The average molecular weight is 368 g/mol. The van der Waals surface area contributed by atoms with Crippen molar-refractivity contribution in [3.63, 3.8) is 0 Å². The molecule has 0 spiro atoms. The molecular weight excluding hydrogens is 348 g/mol. The highest BCUT2D eigenvalue weighted by atomic mass is 32.1. The maximum Gasteiger partial charge on any atom is 0.247 e. The molecule has 1 aliphatic heterocycles. The summed E-state index contributed by atoms with van der Waals surface area (Å²) in [6, 6.07) is 5.85. The van der Waals surface area contributed by atoms with Crippen LogP contribution >= 0.6 is 11.3 Å². The first-order valence-corrected chi connectivity index (χ1v) is 9.43. The van der Waals surface area contributed by atoms with Gasteiger partial charge in [-0.2, -0.15) is 0 Å². The Hall–Kier alpha value is -2.74. The molecule has 26 heavy (non-hydrogen) atoms. The Morgan fingerprint density at radius 2 is 2.19 bits per heavy atom. The lowest BCUT2D eigenvalue weighted by Gasteiger charge is -2.30. The summed E-state index contributed by atoms with van der Waals surface area (Å²) in [6.45, 7) is 6.17. The lowest BCUT2D eigenvalue weighted by molar-refractivity contribution is -0.118. The molecule has 4 rings (SSSR count). The minimum Gasteiger partial charge on any atom is -0.356 e. The van der Waals surface area contributed by atoms with E-state index in [1.165, 1.54) is 11.9 Å². The number of thiazole rings is 1. The normalized spacial score (nSPS) is 17.3. The zero-order valence-electron chi connectivity index (χ0n) is 14.8. The second kappa shape index (κ2) is 6.53. The Bertz CT molecular complexity index is 985. The molecule has 3 heterocycles. The Morgan fingerprint density at radius 1 is 1.35 bits per heavy atom. The van der Waals surface area contributed by atoms with E-state index in [0.717, 1.165) is 21.8 Å². The van der Waals surface area contributed by atoms with Crippen molar-refractivity contribution in [3.05, 3.63) is 30.1 Å². The highest BCUT2D eigenvalue weighted by molar-refractivity contribution is 7.22. The SMILES string of the molecule is CCC(C)C1Nc2ncnc(Nc3nc4ccc(C)cc4s3)c2NC1=O. The number of aromatic nitrogens is 3. The molecule has 2 unspecified atom stereocenters. The third-order valence-corrected chi connectivity index (χ3v) is 5.59. The van der Waals surface area contributed by atoms with Crippen LogP contribution in [0, 0.1) is 12.8 Å². The van der Waals surface area contributed by atoms with Crippen molar-refractivity contribution in [1.29, 1.82) is 0 Å². The highest BCUT2D eigenvalue weighted by Gasteiger charge is 2.31. The van der Waals surface area contributed by atoms with Gasteiger partial charge in [0.2, 0.25) is 5.91 Å². The van der Waals surface area contributed by atoms with Gasteiger partial charge in [-0.05, 0) is 30.5 Å². The standard InChI is InChI=1S/C18H20N6OS/c1-4-10(3)13-17(25)23-14-15(22-13)19-8-20-16(14)24-18-21-11-6-5-9(2)7-12(11)26-18/h5-8,10,13H,4H2,1-3H3,(H,23,25)(H2,19,20,21,22,24). The number of benzene rings is 1. The predicted octanol–water partition coefficient (Wildman–Crippen LogP) is 3.92. The van der Waals surface area contributed by atoms with Crippen LogP contribution in [0.1, 0.15) is 25.8 Å². The number of fused-ring (bicyclic) bond motifs is 2. The summed E-state index contributed by atoms with van der Waals surface area (Å²) < 4.78 is 1.11. The maximum atomic E-state index is 12.5. The molecular formula is C18H20N6OS. The van der Waals surface area contributed by atoms with E-state index < -0.39 is 0 Å². The van der Waals surface area contributed by atoms with E-state index in [-0.39, 0.29) is 17.9 Å². The zero-order chi connectivity index (χ0) is 18.3. The number of hydrogen-bond acceptors (Lipinski definition) is 7. The van der Waals surface area contributed by atoms with Crippen LogP contribution in [0.3, 0.4) is 0 Å². The highest BCUT2D eigenvalue weighted by Crippen LogP contribution is 2.35. The van der Waals surface area contributed by atoms with E-state index in [1.807, 2.05) is 19.1 Å². The molecule has 1 amide bonds. The van der Waals surface area contributed by atoms with Gasteiger partial charge in [0.05, 0.1) is 10.2 Å². The van der Waals surface area contributed by atoms with E-state index >= 15 is 0 Å². The number of carbonyl (C=O) groups excluding carboxylic acids is 1. The first-order chi connectivity index (χ1) is 12.5. The molecule has 1 aliphatic rings. The van der Waals surface area contributed by atoms with E-state index in [0.29, 0.717) is 17.3 Å². The fourth-order valence-electron chi connectivity index (χ4n) is 2.94. The fraction of sp³-hybridized carbons (Fsp3) is 0.333. The molecule has 2 atom stereocenters. The molecule has 1 aromatic carbocycles. The van der Waals surface area contributed by atoms with Gasteiger partial charge in [-0.15, -0.1) is 0 Å². The second-order valence-corrected chi connectivity index (χ2v) is 7.59. The van der Waals surface area contributed by atoms with E-state index in [9.17, 15) is 4.79 Å². The molecule has 0 bridgehead atoms. The topological polar surface area (TPSA) is 91.8 Å². The lowest BCUT2D eigenvalue weighted by Crippen LogP contribution is -2.43. The van der Waals surface area contributed by atoms with Crippen molar-refractivity contribution in [1.82, 2.24) is 15.0 Å². The first kappa shape index (κ1) is 16.7. The summed E-state index contributed by atoms with van der Waals surface area (Å²) >= 11 is 1.55. The zero-order valence-corrected chi connectivity index (χ0v) is 15.6. The van der Waals surface area contributed by atoms with Crippen LogP contribution in [0.4, 0.5) is 22.5 Å². The molecule has 7 nitrogen and oxygen atoms in total. The summed E-state index contributed by atoms with van der Waals surface area (Å²) in [6.07, 6.45) is 2.39. The molecule has 3 N–H and O–H groups in total. The maximum absolute atomic E-state index is 12.5. The molecule has 134 valence electrons. The van der Waals surface area contributed by atoms with E-state index in [4.69, 9.17) is 0 Å². The Morgan fingerprint density at radius 3 is 3.00 bits per heavy atom. The molecule has 0 radical (unpaired) electrons. The van der Waals surface area contributed by atoms with Crippen molar-refractivity contribution in [2.75, 3.05) is 16.0 Å². The Labute approximate surface area is 155 Å². The number of carbonyl (C=O) groups is 1. The minimum atomic E-state index is -0.291. The van der Waals surface area contributed by atoms with Gasteiger partial charge in [0, 0.05) is 0 Å². The van der Waals surface area contributed by atoms with Crippen LogP contribution < -0.4 is 16.0 Å². The van der Waals surface area contributed by atoms with Gasteiger partial charge in [-0.3, -0.25) is 4.79 Å². The van der Waals surface area contributed by atoms with E-state index in [1.54, 1.807) is 11.3 Å². The molecule has 0 aliphatic carbocycles. The Kier molecular flexibility index (Phi) is 4.20. The van der Waals surface area contributed by atoms with Gasteiger partial charge in [-0.1, -0.05) is 37.7 Å². The number of anilines is 4. The van der Waals surface area contributed by atoms with Crippen LogP contribution in [0.5, 0.6) is 0 Å². The molecule has 0 saturated carbocycles. The number of hydrogen-bond donors (Lipinski definition) is 3. The number of aryl methyl sites for hydroxylation is 1. The predicted molar refractivity (Wildman–Crippen MR) is 105 cm³/mol. The summed E-state index contributed by atoms with van der Waals surface area (Å²) in [5.74, 6) is 1.31. The third kappa shape index (κ3) is 2.96. The van der Waals surface area contributed by atoms with Crippen LogP contribution in [0.15, 0.2) is 24.5 Å².